The fourth-order valence-electron chi connectivity index (χ4n) is 0.896. The number of hydrogen-bond donors (Lipinski definition) is 0. The van der Waals surface area contributed by atoms with Crippen molar-refractivity contribution < 1.29 is 4.79 Å². The lowest BCUT2D eigenvalue weighted by Gasteiger charge is -2.03. The van der Waals surface area contributed by atoms with Crippen molar-refractivity contribution in [3.8, 4) is 0 Å². The molecule has 1 aromatic heterocycles. The number of Topliss-reactive ketones (excluding diaryl/α,β-unsaturated/α-hetero) is 1. The van der Waals surface area contributed by atoms with E-state index in [1.54, 1.807) is 6.07 Å². The van der Waals surface area contributed by atoms with Crippen molar-refractivity contribution in [1.82, 2.24) is 0 Å². The van der Waals surface area contributed by atoms with Gasteiger partial charge in [0, 0.05) is 10.4 Å². The van der Waals surface area contributed by atoms with Crippen molar-refractivity contribution in [2.75, 3.05) is 0 Å². The summed E-state index contributed by atoms with van der Waals surface area (Å²) in [4.78, 5) is 12.4. The lowest BCUT2D eigenvalue weighted by molar-refractivity contribution is 0.0931. The molecule has 0 saturated heterocycles. The Bertz CT molecular complexity index is 302. The molecule has 1 atom stereocenters. The Labute approximate surface area is 95.2 Å². The van der Waals surface area contributed by atoms with Crippen molar-refractivity contribution in [1.29, 1.82) is 0 Å². The fourth-order valence-corrected chi connectivity index (χ4v) is 2.65. The summed E-state index contributed by atoms with van der Waals surface area (Å²) in [5.74, 6) is 0.265. The number of halogens is 2. The van der Waals surface area contributed by atoms with Crippen molar-refractivity contribution in [2.45, 2.75) is 20.3 Å². The first-order chi connectivity index (χ1) is 6.06. The number of thiophene rings is 1. The van der Waals surface area contributed by atoms with E-state index in [1.807, 2.05) is 13.8 Å². The molecule has 0 aliphatic carbocycles. The summed E-state index contributed by atoms with van der Waals surface area (Å²) >= 11 is 10.5. The third kappa shape index (κ3) is 2.55. The topological polar surface area (TPSA) is 17.1 Å². The first-order valence-corrected chi connectivity index (χ1v) is 6.04. The van der Waals surface area contributed by atoms with Crippen molar-refractivity contribution in [2.24, 2.45) is 5.92 Å². The van der Waals surface area contributed by atoms with Gasteiger partial charge in [0.2, 0.25) is 0 Å². The molecule has 0 fully saturated rings. The highest BCUT2D eigenvalue weighted by Crippen LogP contribution is 2.33. The van der Waals surface area contributed by atoms with Gasteiger partial charge in [0.05, 0.1) is 4.88 Å². The number of carbonyl (C=O) groups is 1. The minimum atomic E-state index is 0.0848. The summed E-state index contributed by atoms with van der Waals surface area (Å²) in [7, 11) is 0. The molecule has 1 rings (SSSR count). The van der Waals surface area contributed by atoms with Crippen molar-refractivity contribution in [3.63, 3.8) is 0 Å². The third-order valence-corrected chi connectivity index (χ3v) is 4.44. The van der Waals surface area contributed by atoms with E-state index in [9.17, 15) is 4.79 Å². The van der Waals surface area contributed by atoms with Crippen LogP contribution >= 0.6 is 38.9 Å². The van der Waals surface area contributed by atoms with Crippen LogP contribution in [0, 0.1) is 5.92 Å². The van der Waals surface area contributed by atoms with Gasteiger partial charge in [-0.3, -0.25) is 4.79 Å². The molecule has 0 bridgehead atoms. The zero-order chi connectivity index (χ0) is 10.0. The number of hydrogen-bond acceptors (Lipinski definition) is 2. The molecule has 0 amide bonds. The van der Waals surface area contributed by atoms with Gasteiger partial charge in [-0.1, -0.05) is 25.4 Å². The monoisotopic (exact) mass is 280 g/mol. The molecule has 1 unspecified atom stereocenters. The average molecular weight is 282 g/mol. The maximum absolute atomic E-state index is 11.7. The Morgan fingerprint density at radius 3 is 2.77 bits per heavy atom. The van der Waals surface area contributed by atoms with E-state index in [4.69, 9.17) is 11.6 Å². The average Bonchev–Trinajstić information content (AvgIpc) is 2.44. The van der Waals surface area contributed by atoms with Crippen molar-refractivity contribution in [3.05, 3.63) is 19.8 Å². The predicted octanol–water partition coefficient (Wildman–Crippen LogP) is 4.39. The molecular formula is C9H10BrClOS. The lowest BCUT2D eigenvalue weighted by Crippen LogP contribution is -2.07. The highest BCUT2D eigenvalue weighted by molar-refractivity contribution is 9.10. The molecule has 0 aromatic carbocycles. The number of ketones is 1. The van der Waals surface area contributed by atoms with Gasteiger partial charge in [0.15, 0.2) is 5.78 Å². The summed E-state index contributed by atoms with van der Waals surface area (Å²) < 4.78 is 1.46. The Kier molecular flexibility index (Phi) is 3.95. The summed E-state index contributed by atoms with van der Waals surface area (Å²) in [6, 6.07) is 1.79. The van der Waals surface area contributed by atoms with Crippen LogP contribution in [-0.4, -0.2) is 5.78 Å². The summed E-state index contributed by atoms with van der Waals surface area (Å²) in [5.41, 5.74) is 0. The van der Waals surface area contributed by atoms with Crippen LogP contribution in [0.1, 0.15) is 29.9 Å². The van der Waals surface area contributed by atoms with Crippen LogP contribution in [0.5, 0.6) is 0 Å². The van der Waals surface area contributed by atoms with Gasteiger partial charge in [0.25, 0.3) is 0 Å². The molecule has 0 saturated carbocycles. The molecule has 4 heteroatoms. The standard InChI is InChI=1S/C9H10BrClOS/c1-3-5(2)8(12)7-4-6(10)9(11)13-7/h4-5H,3H2,1-2H3. The van der Waals surface area contributed by atoms with Gasteiger partial charge in [-0.25, -0.2) is 0 Å². The van der Waals surface area contributed by atoms with Crippen LogP contribution in [0.15, 0.2) is 10.5 Å². The highest BCUT2D eigenvalue weighted by atomic mass is 79.9. The zero-order valence-corrected chi connectivity index (χ0v) is 10.6. The van der Waals surface area contributed by atoms with Gasteiger partial charge < -0.3 is 0 Å². The van der Waals surface area contributed by atoms with Crippen LogP contribution in [0.25, 0.3) is 0 Å². The molecule has 13 heavy (non-hydrogen) atoms. The van der Waals surface area contributed by atoms with Crippen LogP contribution in [0.3, 0.4) is 0 Å². The lowest BCUT2D eigenvalue weighted by atomic mass is 10.0. The predicted molar refractivity (Wildman–Crippen MR) is 60.8 cm³/mol. The Morgan fingerprint density at radius 2 is 2.38 bits per heavy atom. The molecule has 0 spiro atoms. The van der Waals surface area contributed by atoms with Crippen LogP contribution in [0.2, 0.25) is 4.34 Å². The SMILES string of the molecule is CCC(C)C(=O)c1cc(Br)c(Cl)s1. The van der Waals surface area contributed by atoms with E-state index in [0.717, 1.165) is 15.8 Å². The Balaban J connectivity index is 2.89. The fraction of sp³-hybridized carbons (Fsp3) is 0.444. The van der Waals surface area contributed by atoms with Crippen molar-refractivity contribution >= 4 is 44.7 Å². The second-order valence-corrected chi connectivity index (χ2v) is 5.41. The van der Waals surface area contributed by atoms with Gasteiger partial charge >= 0.3 is 0 Å². The largest absolute Gasteiger partial charge is 0.293 e. The Hall–Kier alpha value is 0.140. The quantitative estimate of drug-likeness (QED) is 0.751. The maximum Gasteiger partial charge on any atom is 0.175 e. The molecule has 0 N–H and O–H groups in total. The molecule has 0 aliphatic heterocycles. The van der Waals surface area contributed by atoms with E-state index in [1.165, 1.54) is 11.3 Å². The smallest absolute Gasteiger partial charge is 0.175 e. The zero-order valence-electron chi connectivity index (χ0n) is 7.43. The Morgan fingerprint density at radius 1 is 1.77 bits per heavy atom. The van der Waals surface area contributed by atoms with Crippen LogP contribution in [0.4, 0.5) is 0 Å². The summed E-state index contributed by atoms with van der Waals surface area (Å²) in [5, 5.41) is 0. The maximum atomic E-state index is 11.7. The second kappa shape index (κ2) is 4.58. The summed E-state index contributed by atoms with van der Waals surface area (Å²) in [6.07, 6.45) is 0.867. The molecule has 1 heterocycles. The highest BCUT2D eigenvalue weighted by Gasteiger charge is 2.16. The molecule has 0 aliphatic rings. The second-order valence-electron chi connectivity index (χ2n) is 2.91. The molecule has 72 valence electrons. The molecular weight excluding hydrogens is 272 g/mol. The van der Waals surface area contributed by atoms with E-state index >= 15 is 0 Å². The normalized spacial score (nSPS) is 12.9. The minimum Gasteiger partial charge on any atom is -0.293 e. The first kappa shape index (κ1) is 11.2. The van der Waals surface area contributed by atoms with Crippen LogP contribution in [-0.2, 0) is 0 Å². The first-order valence-electron chi connectivity index (χ1n) is 4.05. The van der Waals surface area contributed by atoms with Crippen LogP contribution < -0.4 is 0 Å². The van der Waals surface area contributed by atoms with Gasteiger partial charge in [-0.15, -0.1) is 11.3 Å². The molecule has 1 nitrogen and oxygen atoms in total. The molecule has 1 aromatic rings. The molecule has 0 radical (unpaired) electrons. The van der Waals surface area contributed by atoms with Gasteiger partial charge in [-0.2, -0.15) is 0 Å². The number of rotatable bonds is 3. The number of carbonyl (C=O) groups excluding carboxylic acids is 1. The van der Waals surface area contributed by atoms with E-state index in [-0.39, 0.29) is 11.7 Å². The minimum absolute atomic E-state index is 0.0848. The van der Waals surface area contributed by atoms with E-state index in [2.05, 4.69) is 15.9 Å². The van der Waals surface area contributed by atoms with E-state index in [0.29, 0.717) is 4.34 Å². The van der Waals surface area contributed by atoms with Gasteiger partial charge in [0.1, 0.15) is 4.34 Å². The summed E-state index contributed by atoms with van der Waals surface area (Å²) in [6.45, 7) is 3.94. The third-order valence-electron chi connectivity index (χ3n) is 1.95. The van der Waals surface area contributed by atoms with Gasteiger partial charge in [-0.05, 0) is 28.4 Å². The van der Waals surface area contributed by atoms with E-state index < -0.39 is 0 Å².